The van der Waals surface area contributed by atoms with Crippen molar-refractivity contribution in [2.45, 2.75) is 12.1 Å². The number of nitrogens with two attached hydrogens (primary N) is 1. The Morgan fingerprint density at radius 1 is 1.42 bits per heavy atom. The molecule has 0 bridgehead atoms. The lowest BCUT2D eigenvalue weighted by molar-refractivity contribution is -0.179. The van der Waals surface area contributed by atoms with Gasteiger partial charge >= 0.3 is 12.1 Å². The predicted octanol–water partition coefficient (Wildman–Crippen LogP) is 2.57. The van der Waals surface area contributed by atoms with Gasteiger partial charge in [-0.2, -0.15) is 13.2 Å². The molecule has 2 aromatic rings. The maximum absolute atomic E-state index is 13.0. The van der Waals surface area contributed by atoms with E-state index in [9.17, 15) is 18.0 Å². The number of hydrogen-bond donors (Lipinski definition) is 2. The van der Waals surface area contributed by atoms with Gasteiger partial charge in [-0.1, -0.05) is 0 Å². The van der Waals surface area contributed by atoms with E-state index in [1.165, 1.54) is 6.07 Å². The average Bonchev–Trinajstić information content (AvgIpc) is 2.70. The summed E-state index contributed by atoms with van der Waals surface area (Å²) in [7, 11) is 0.921. The van der Waals surface area contributed by atoms with Gasteiger partial charge in [-0.25, -0.2) is 0 Å². The number of ether oxygens (including phenoxy) is 1. The van der Waals surface area contributed by atoms with E-state index in [2.05, 4.69) is 9.72 Å². The van der Waals surface area contributed by atoms with E-state index >= 15 is 0 Å². The van der Waals surface area contributed by atoms with Crippen LogP contribution in [0.2, 0.25) is 0 Å². The number of rotatable bonds is 2. The van der Waals surface area contributed by atoms with Crippen molar-refractivity contribution in [3.8, 4) is 0 Å². The summed E-state index contributed by atoms with van der Waals surface area (Å²) in [6.07, 6.45) is -3.58. The molecule has 0 radical (unpaired) electrons. The van der Waals surface area contributed by atoms with Gasteiger partial charge in [0.2, 0.25) is 0 Å². The minimum absolute atomic E-state index is 0.193. The number of aromatic nitrogens is 1. The van der Waals surface area contributed by atoms with Crippen LogP contribution in [0.15, 0.2) is 24.4 Å². The maximum atomic E-state index is 13.0. The Balaban J connectivity index is 2.63. The van der Waals surface area contributed by atoms with Gasteiger partial charge in [0, 0.05) is 28.4 Å². The zero-order chi connectivity index (χ0) is 14.2. The number of fused-ring (bicyclic) bond motifs is 1. The van der Waals surface area contributed by atoms with Crippen LogP contribution in [-0.4, -0.2) is 24.2 Å². The van der Waals surface area contributed by atoms with Crippen LogP contribution in [0, 0.1) is 0 Å². The summed E-state index contributed by atoms with van der Waals surface area (Å²) in [4.78, 5) is 14.1. The van der Waals surface area contributed by atoms with Gasteiger partial charge in [-0.3, -0.25) is 4.79 Å². The molecule has 1 heterocycles. The molecule has 0 aliphatic rings. The third-order valence-corrected chi connectivity index (χ3v) is 2.81. The molecule has 0 amide bonds. The lowest BCUT2D eigenvalue weighted by Gasteiger charge is -2.17. The van der Waals surface area contributed by atoms with E-state index < -0.39 is 18.1 Å². The van der Waals surface area contributed by atoms with Crippen molar-refractivity contribution in [1.82, 2.24) is 4.98 Å². The third kappa shape index (κ3) is 2.35. The van der Waals surface area contributed by atoms with Crippen LogP contribution in [0.4, 0.5) is 18.9 Å². The number of halogens is 3. The number of methoxy groups -OCH3 is 1. The second-order valence-electron chi connectivity index (χ2n) is 4.05. The Labute approximate surface area is 106 Å². The summed E-state index contributed by atoms with van der Waals surface area (Å²) in [5.41, 5.74) is 6.16. The molecular weight excluding hydrogens is 261 g/mol. The van der Waals surface area contributed by atoms with Crippen LogP contribution < -0.4 is 5.73 Å². The Bertz CT molecular complexity index is 619. The second-order valence-corrected chi connectivity index (χ2v) is 4.05. The molecule has 102 valence electrons. The maximum Gasteiger partial charge on any atom is 0.406 e. The number of nitrogens with one attached hydrogen (secondary N) is 1. The summed E-state index contributed by atoms with van der Waals surface area (Å²) < 4.78 is 43.2. The molecule has 7 heteroatoms. The normalized spacial score (nSPS) is 13.5. The van der Waals surface area contributed by atoms with Crippen molar-refractivity contribution >= 4 is 22.6 Å². The topological polar surface area (TPSA) is 68.1 Å². The highest BCUT2D eigenvalue weighted by Crippen LogP contribution is 2.39. The van der Waals surface area contributed by atoms with Gasteiger partial charge in [-0.15, -0.1) is 0 Å². The summed E-state index contributed by atoms with van der Waals surface area (Å²) in [6, 6.07) is 4.51. The molecule has 19 heavy (non-hydrogen) atoms. The van der Waals surface area contributed by atoms with Crippen LogP contribution in [0.1, 0.15) is 11.5 Å². The Hall–Kier alpha value is -2.18. The number of benzene rings is 1. The Morgan fingerprint density at radius 2 is 2.11 bits per heavy atom. The van der Waals surface area contributed by atoms with E-state index in [0.717, 1.165) is 13.3 Å². The highest BCUT2D eigenvalue weighted by Gasteiger charge is 2.48. The number of alkyl halides is 3. The van der Waals surface area contributed by atoms with Crippen molar-refractivity contribution in [3.63, 3.8) is 0 Å². The Kier molecular flexibility index (Phi) is 3.13. The molecule has 1 aromatic heterocycles. The predicted molar refractivity (Wildman–Crippen MR) is 63.5 cm³/mol. The smallest absolute Gasteiger partial charge is 0.406 e. The van der Waals surface area contributed by atoms with Gasteiger partial charge in [0.25, 0.3) is 0 Å². The molecule has 0 fully saturated rings. The summed E-state index contributed by atoms with van der Waals surface area (Å²) >= 11 is 0. The van der Waals surface area contributed by atoms with Gasteiger partial charge in [0.15, 0.2) is 5.92 Å². The SMILES string of the molecule is COC(=O)C(c1c[nH]c2ccc(N)cc12)C(F)(F)F. The minimum Gasteiger partial charge on any atom is -0.468 e. The molecule has 0 aliphatic heterocycles. The second kappa shape index (κ2) is 4.49. The van der Waals surface area contributed by atoms with Crippen LogP contribution in [-0.2, 0) is 9.53 Å². The summed E-state index contributed by atoms with van der Waals surface area (Å²) in [5.74, 6) is -3.68. The quantitative estimate of drug-likeness (QED) is 0.652. The lowest BCUT2D eigenvalue weighted by atomic mass is 9.98. The fourth-order valence-electron chi connectivity index (χ4n) is 1.95. The highest BCUT2D eigenvalue weighted by molar-refractivity contribution is 5.92. The number of aromatic amines is 1. The molecular formula is C12H11F3N2O2. The summed E-state index contributed by atoms with van der Waals surface area (Å²) in [6.45, 7) is 0. The van der Waals surface area contributed by atoms with E-state index in [-0.39, 0.29) is 10.9 Å². The van der Waals surface area contributed by atoms with E-state index in [0.29, 0.717) is 11.2 Å². The number of esters is 1. The zero-order valence-electron chi connectivity index (χ0n) is 9.91. The standard InChI is InChI=1S/C12H11F3N2O2/c1-19-11(18)10(12(13,14)15)8-5-17-9-3-2-6(16)4-7(8)9/h2-5,10,17H,16H2,1H3. The highest BCUT2D eigenvalue weighted by atomic mass is 19.4. The van der Waals surface area contributed by atoms with Crippen molar-refractivity contribution < 1.29 is 22.7 Å². The summed E-state index contributed by atoms with van der Waals surface area (Å²) in [5, 5.41) is 0.257. The Morgan fingerprint density at radius 3 is 2.68 bits per heavy atom. The fourth-order valence-corrected chi connectivity index (χ4v) is 1.95. The van der Waals surface area contributed by atoms with Gasteiger partial charge in [-0.05, 0) is 18.2 Å². The first kappa shape index (κ1) is 13.3. The van der Waals surface area contributed by atoms with E-state index in [1.807, 2.05) is 0 Å². The first-order valence-corrected chi connectivity index (χ1v) is 5.35. The number of carbonyl (C=O) groups excluding carboxylic acids is 1. The molecule has 4 nitrogen and oxygen atoms in total. The van der Waals surface area contributed by atoms with Gasteiger partial charge in [0.05, 0.1) is 7.11 Å². The van der Waals surface area contributed by atoms with Crippen molar-refractivity contribution in [2.75, 3.05) is 12.8 Å². The minimum atomic E-state index is -4.73. The number of carbonyl (C=O) groups is 1. The van der Waals surface area contributed by atoms with E-state index in [1.54, 1.807) is 12.1 Å². The van der Waals surface area contributed by atoms with Crippen LogP contribution in [0.25, 0.3) is 10.9 Å². The van der Waals surface area contributed by atoms with Gasteiger partial charge < -0.3 is 15.5 Å². The van der Waals surface area contributed by atoms with Crippen LogP contribution >= 0.6 is 0 Å². The number of nitrogen functional groups attached to an aromatic ring is 1. The van der Waals surface area contributed by atoms with Crippen molar-refractivity contribution in [3.05, 3.63) is 30.0 Å². The fraction of sp³-hybridized carbons (Fsp3) is 0.250. The molecule has 0 aliphatic carbocycles. The zero-order valence-corrected chi connectivity index (χ0v) is 9.91. The monoisotopic (exact) mass is 272 g/mol. The number of H-pyrrole nitrogens is 1. The molecule has 0 spiro atoms. The average molecular weight is 272 g/mol. The molecule has 0 saturated heterocycles. The molecule has 1 aromatic carbocycles. The lowest BCUT2D eigenvalue weighted by Crippen LogP contribution is -2.29. The number of hydrogen-bond acceptors (Lipinski definition) is 3. The molecule has 1 unspecified atom stereocenters. The van der Waals surface area contributed by atoms with Crippen LogP contribution in [0.5, 0.6) is 0 Å². The molecule has 2 rings (SSSR count). The first-order chi connectivity index (χ1) is 8.84. The number of anilines is 1. The van der Waals surface area contributed by atoms with E-state index in [4.69, 9.17) is 5.73 Å². The first-order valence-electron chi connectivity index (χ1n) is 5.35. The largest absolute Gasteiger partial charge is 0.468 e. The van der Waals surface area contributed by atoms with Gasteiger partial charge in [0.1, 0.15) is 0 Å². The van der Waals surface area contributed by atoms with Crippen molar-refractivity contribution in [1.29, 1.82) is 0 Å². The molecule has 3 N–H and O–H groups in total. The van der Waals surface area contributed by atoms with Crippen LogP contribution in [0.3, 0.4) is 0 Å². The molecule has 0 saturated carbocycles. The third-order valence-electron chi connectivity index (χ3n) is 2.81. The molecule has 1 atom stereocenters. The van der Waals surface area contributed by atoms with Crippen molar-refractivity contribution in [2.24, 2.45) is 0 Å².